The minimum Gasteiger partial charge on any atom is -0.466 e. The third-order valence-corrected chi connectivity index (χ3v) is 5.07. The molecule has 158 valence electrons. The largest absolute Gasteiger partial charge is 0.466 e. The molecule has 7 heteroatoms. The number of hydrogen-bond donors (Lipinski definition) is 1. The van der Waals surface area contributed by atoms with Gasteiger partial charge in [-0.05, 0) is 33.7 Å². The molecule has 0 saturated carbocycles. The number of ether oxygens (including phenoxy) is 5. The number of fused-ring (bicyclic) bond motifs is 1. The molecule has 2 aliphatic rings. The van der Waals surface area contributed by atoms with Crippen LogP contribution in [0.25, 0.3) is 0 Å². The SMILES string of the molecule is CCCCCCCNC(CC(=O)OCC)[C@H]1O[C@@H]2OC(C)(C)O[C@@H]2[C@H]1OC. The van der Waals surface area contributed by atoms with Gasteiger partial charge in [-0.1, -0.05) is 32.6 Å². The quantitative estimate of drug-likeness (QED) is 0.408. The highest BCUT2D eigenvalue weighted by molar-refractivity contribution is 5.70. The van der Waals surface area contributed by atoms with Crippen molar-refractivity contribution in [1.29, 1.82) is 0 Å². The maximum Gasteiger partial charge on any atom is 0.307 e. The molecule has 27 heavy (non-hydrogen) atoms. The molecule has 0 aromatic rings. The Kier molecular flexibility index (Phi) is 8.95. The van der Waals surface area contributed by atoms with Crippen molar-refractivity contribution < 1.29 is 28.5 Å². The van der Waals surface area contributed by atoms with E-state index in [0.717, 1.165) is 13.0 Å². The predicted octanol–water partition coefficient (Wildman–Crippen LogP) is 2.76. The fourth-order valence-electron chi connectivity index (χ4n) is 3.82. The second-order valence-electron chi connectivity index (χ2n) is 7.75. The summed E-state index contributed by atoms with van der Waals surface area (Å²) in [5, 5.41) is 3.49. The summed E-state index contributed by atoms with van der Waals surface area (Å²) in [5.74, 6) is -0.931. The molecule has 0 aromatic carbocycles. The number of unbranched alkanes of at least 4 members (excludes halogenated alkanes) is 4. The third kappa shape index (κ3) is 6.39. The van der Waals surface area contributed by atoms with Gasteiger partial charge in [0.1, 0.15) is 18.3 Å². The minimum absolute atomic E-state index is 0.207. The van der Waals surface area contributed by atoms with E-state index in [1.165, 1.54) is 25.7 Å². The van der Waals surface area contributed by atoms with Crippen molar-refractivity contribution in [1.82, 2.24) is 5.32 Å². The van der Waals surface area contributed by atoms with Crippen LogP contribution in [0.15, 0.2) is 0 Å². The molecule has 5 atom stereocenters. The topological polar surface area (TPSA) is 75.3 Å². The van der Waals surface area contributed by atoms with E-state index in [2.05, 4.69) is 12.2 Å². The van der Waals surface area contributed by atoms with E-state index in [-0.39, 0.29) is 36.7 Å². The average Bonchev–Trinajstić information content (AvgIpc) is 3.08. The highest BCUT2D eigenvalue weighted by atomic mass is 16.8. The van der Waals surface area contributed by atoms with Gasteiger partial charge in [0.05, 0.1) is 13.0 Å². The van der Waals surface area contributed by atoms with Gasteiger partial charge in [-0.25, -0.2) is 0 Å². The molecule has 2 aliphatic heterocycles. The Hall–Kier alpha value is -0.730. The summed E-state index contributed by atoms with van der Waals surface area (Å²) in [5.41, 5.74) is 0. The molecule has 2 saturated heterocycles. The Labute approximate surface area is 163 Å². The van der Waals surface area contributed by atoms with E-state index in [0.29, 0.717) is 6.61 Å². The second-order valence-corrected chi connectivity index (χ2v) is 7.75. The van der Waals surface area contributed by atoms with Crippen LogP contribution in [-0.2, 0) is 28.5 Å². The smallest absolute Gasteiger partial charge is 0.307 e. The highest BCUT2D eigenvalue weighted by Gasteiger charge is 2.56. The lowest BCUT2D eigenvalue weighted by atomic mass is 10.00. The first-order chi connectivity index (χ1) is 12.9. The summed E-state index contributed by atoms with van der Waals surface area (Å²) in [6, 6.07) is -0.207. The standard InChI is InChI=1S/C20H37NO6/c1-6-8-9-10-11-12-21-14(13-15(22)24-7-2)16-17(23-5)18-19(25-16)27-20(3,4)26-18/h14,16-19,21H,6-13H2,1-5H3/t14?,16-,17+,18-,19-/m1/s1. The minimum atomic E-state index is -0.694. The summed E-state index contributed by atoms with van der Waals surface area (Å²) in [6.07, 6.45) is 4.79. The first-order valence-corrected chi connectivity index (χ1v) is 10.3. The van der Waals surface area contributed by atoms with Crippen molar-refractivity contribution in [3.63, 3.8) is 0 Å². The van der Waals surface area contributed by atoms with Gasteiger partial charge in [-0.2, -0.15) is 0 Å². The summed E-state index contributed by atoms with van der Waals surface area (Å²) in [6.45, 7) is 8.94. The van der Waals surface area contributed by atoms with E-state index < -0.39 is 12.1 Å². The van der Waals surface area contributed by atoms with Crippen LogP contribution in [0, 0.1) is 0 Å². The molecule has 0 spiro atoms. The Morgan fingerprint density at radius 1 is 1.15 bits per heavy atom. The molecule has 0 radical (unpaired) electrons. The number of rotatable bonds is 12. The molecule has 2 rings (SSSR count). The fraction of sp³-hybridized carbons (Fsp3) is 0.950. The molecule has 0 aromatic heterocycles. The lowest BCUT2D eigenvalue weighted by Crippen LogP contribution is -2.49. The number of methoxy groups -OCH3 is 1. The van der Waals surface area contributed by atoms with E-state index in [1.54, 1.807) is 7.11 Å². The highest BCUT2D eigenvalue weighted by Crippen LogP contribution is 2.39. The van der Waals surface area contributed by atoms with E-state index in [9.17, 15) is 4.79 Å². The fourth-order valence-corrected chi connectivity index (χ4v) is 3.82. The number of hydrogen-bond acceptors (Lipinski definition) is 7. The van der Waals surface area contributed by atoms with Crippen LogP contribution >= 0.6 is 0 Å². The van der Waals surface area contributed by atoms with Crippen LogP contribution < -0.4 is 5.32 Å². The van der Waals surface area contributed by atoms with Crippen molar-refractivity contribution in [2.45, 2.75) is 103 Å². The van der Waals surface area contributed by atoms with Crippen LogP contribution in [0.1, 0.15) is 66.2 Å². The zero-order valence-corrected chi connectivity index (χ0v) is 17.5. The molecule has 0 bridgehead atoms. The molecule has 0 aliphatic carbocycles. The van der Waals surface area contributed by atoms with Crippen LogP contribution in [0.5, 0.6) is 0 Å². The molecule has 2 heterocycles. The van der Waals surface area contributed by atoms with Crippen molar-refractivity contribution in [2.24, 2.45) is 0 Å². The Balaban J connectivity index is 1.96. The number of carbonyl (C=O) groups is 1. The summed E-state index contributed by atoms with van der Waals surface area (Å²) in [7, 11) is 1.64. The van der Waals surface area contributed by atoms with Gasteiger partial charge in [0.25, 0.3) is 0 Å². The van der Waals surface area contributed by atoms with Gasteiger partial charge >= 0.3 is 5.97 Å². The predicted molar refractivity (Wildman–Crippen MR) is 101 cm³/mol. The van der Waals surface area contributed by atoms with Gasteiger partial charge in [-0.15, -0.1) is 0 Å². The molecule has 1 unspecified atom stereocenters. The second kappa shape index (κ2) is 10.7. The molecular formula is C20H37NO6. The van der Waals surface area contributed by atoms with E-state index in [1.807, 2.05) is 20.8 Å². The van der Waals surface area contributed by atoms with Gasteiger partial charge in [0.2, 0.25) is 0 Å². The Morgan fingerprint density at radius 2 is 1.89 bits per heavy atom. The van der Waals surface area contributed by atoms with Gasteiger partial charge in [0.15, 0.2) is 12.1 Å². The van der Waals surface area contributed by atoms with Crippen LogP contribution in [0.3, 0.4) is 0 Å². The van der Waals surface area contributed by atoms with Gasteiger partial charge < -0.3 is 29.0 Å². The molecule has 1 N–H and O–H groups in total. The molecule has 7 nitrogen and oxygen atoms in total. The lowest BCUT2D eigenvalue weighted by molar-refractivity contribution is -0.220. The molecular weight excluding hydrogens is 350 g/mol. The summed E-state index contributed by atoms with van der Waals surface area (Å²) in [4.78, 5) is 12.1. The van der Waals surface area contributed by atoms with Crippen molar-refractivity contribution in [3.05, 3.63) is 0 Å². The Bertz CT molecular complexity index is 458. The summed E-state index contributed by atoms with van der Waals surface area (Å²) >= 11 is 0. The number of nitrogens with one attached hydrogen (secondary N) is 1. The van der Waals surface area contributed by atoms with Gasteiger partial charge in [0, 0.05) is 13.2 Å². The first-order valence-electron chi connectivity index (χ1n) is 10.3. The lowest BCUT2D eigenvalue weighted by Gasteiger charge is -2.30. The van der Waals surface area contributed by atoms with Crippen molar-refractivity contribution in [3.8, 4) is 0 Å². The molecule has 2 fully saturated rings. The molecule has 0 amide bonds. The zero-order valence-electron chi connectivity index (χ0n) is 17.5. The maximum atomic E-state index is 12.1. The Morgan fingerprint density at radius 3 is 2.56 bits per heavy atom. The normalized spacial score (nSPS) is 30.3. The van der Waals surface area contributed by atoms with E-state index >= 15 is 0 Å². The van der Waals surface area contributed by atoms with Crippen molar-refractivity contribution in [2.75, 3.05) is 20.3 Å². The van der Waals surface area contributed by atoms with Crippen molar-refractivity contribution >= 4 is 5.97 Å². The summed E-state index contributed by atoms with van der Waals surface area (Å²) < 4.78 is 28.8. The maximum absolute atomic E-state index is 12.1. The monoisotopic (exact) mass is 387 g/mol. The van der Waals surface area contributed by atoms with Gasteiger partial charge in [-0.3, -0.25) is 4.79 Å². The number of esters is 1. The van der Waals surface area contributed by atoms with Crippen LogP contribution in [0.4, 0.5) is 0 Å². The number of carbonyl (C=O) groups excluding carboxylic acids is 1. The third-order valence-electron chi connectivity index (χ3n) is 5.07. The van der Waals surface area contributed by atoms with Crippen LogP contribution in [-0.4, -0.2) is 62.7 Å². The van der Waals surface area contributed by atoms with Crippen LogP contribution in [0.2, 0.25) is 0 Å². The average molecular weight is 388 g/mol. The first kappa shape index (κ1) is 22.6. The van der Waals surface area contributed by atoms with E-state index in [4.69, 9.17) is 23.7 Å². The zero-order chi connectivity index (χ0) is 19.9.